The van der Waals surface area contributed by atoms with Gasteiger partial charge in [0, 0.05) is 60.6 Å². The number of nitrogens with one attached hydrogen (secondary N) is 2. The molecule has 660 valence electrons. The van der Waals surface area contributed by atoms with Gasteiger partial charge in [-0.25, -0.2) is 63.1 Å². The van der Waals surface area contributed by atoms with Crippen molar-refractivity contribution in [2.75, 3.05) is 56.4 Å². The van der Waals surface area contributed by atoms with Gasteiger partial charge in [-0.2, -0.15) is 15.3 Å². The normalized spacial score (nSPS) is 12.5. The van der Waals surface area contributed by atoms with E-state index in [0.29, 0.717) is 88.6 Å². The molecule has 3 saturated carbocycles. The fraction of sp³-hybridized carbons (Fsp3) is 0.302. The third-order valence-corrected chi connectivity index (χ3v) is 18.4. The minimum absolute atomic E-state index is 0. The third kappa shape index (κ3) is 28.4. The number of amides is 8. The van der Waals surface area contributed by atoms with Gasteiger partial charge in [0.25, 0.3) is 29.5 Å². The summed E-state index contributed by atoms with van der Waals surface area (Å²) in [6.07, 6.45) is 17.5. The number of nitrogen functional groups attached to an aromatic ring is 2. The number of ether oxygens (including phenoxy) is 3. The zero-order chi connectivity index (χ0) is 89.2. The van der Waals surface area contributed by atoms with Crippen molar-refractivity contribution in [2.45, 2.75) is 131 Å². The molecule has 12 aromatic rings. The maximum absolute atomic E-state index is 13.0. The Morgan fingerprint density at radius 1 is 0.445 bits per heavy atom. The number of nitrogens with zero attached hydrogens (tertiary/aromatic N) is 15. The molecule has 8 amide bonds. The first-order valence-electron chi connectivity index (χ1n) is 39.3. The minimum Gasteiger partial charge on any atom is -0.870 e. The number of oxazole rings is 3. The van der Waals surface area contributed by atoms with E-state index in [9.17, 15) is 43.2 Å². The predicted molar refractivity (Wildman–Crippen MR) is 467 cm³/mol. The predicted octanol–water partition coefficient (Wildman–Crippen LogP) is 7.35. The van der Waals surface area contributed by atoms with Crippen molar-refractivity contribution in [3.05, 3.63) is 210 Å². The Kier molecular flexibility index (Phi) is 34.8. The number of carboxylic acids is 1. The summed E-state index contributed by atoms with van der Waals surface area (Å²) < 4.78 is 37.5. The molecule has 0 aliphatic heterocycles. The van der Waals surface area contributed by atoms with Gasteiger partial charge in [-0.1, -0.05) is 35.4 Å². The summed E-state index contributed by atoms with van der Waals surface area (Å²) in [4.78, 5) is 141. The summed E-state index contributed by atoms with van der Waals surface area (Å²) in [6.45, 7) is 21.7. The van der Waals surface area contributed by atoms with Crippen LogP contribution in [0.5, 0.6) is 0 Å². The van der Waals surface area contributed by atoms with Crippen molar-refractivity contribution < 1.29 is 184 Å². The Morgan fingerprint density at radius 3 is 1.02 bits per heavy atom. The molecule has 3 fully saturated rings. The molecule has 128 heavy (non-hydrogen) atoms. The van der Waals surface area contributed by atoms with Gasteiger partial charge in [0.05, 0.1) is 52.7 Å². The molecule has 0 radical (unpaired) electrons. The average molecular weight is 1820 g/mol. The number of pyridine rings is 3. The molecular formula is C86H97K2N22O17P. The van der Waals surface area contributed by atoms with Gasteiger partial charge in [0.2, 0.25) is 17.7 Å². The second-order valence-corrected chi connectivity index (χ2v) is 32.5. The van der Waals surface area contributed by atoms with Crippen LogP contribution in [0.2, 0.25) is 0 Å². The second-order valence-electron chi connectivity index (χ2n) is 32.5. The number of hydrogen-bond donors (Lipinski definition) is 8. The Morgan fingerprint density at radius 2 is 0.734 bits per heavy atom. The number of aryl methyl sites for hydroxylation is 2. The Balaban J connectivity index is 0.000000219. The van der Waals surface area contributed by atoms with Crippen LogP contribution in [0.4, 0.5) is 54.6 Å². The number of carbonyl (C=O) groups excluding carboxylic acids is 8. The number of aromatic carboxylic acids is 1. The van der Waals surface area contributed by atoms with Gasteiger partial charge >= 0.3 is 127 Å². The van der Waals surface area contributed by atoms with E-state index in [1.165, 1.54) is 72.3 Å². The van der Waals surface area contributed by atoms with E-state index >= 15 is 0 Å². The van der Waals surface area contributed by atoms with E-state index < -0.39 is 70.6 Å². The number of carboxylic acid groups (broad SMARTS) is 1. The fourth-order valence-electron chi connectivity index (χ4n) is 11.7. The first-order chi connectivity index (χ1) is 58.7. The summed E-state index contributed by atoms with van der Waals surface area (Å²) in [6, 6.07) is 31.9. The number of aromatic nitrogens is 12. The number of nitrogens with two attached hydrogens (primary N) is 5. The number of benzene rings is 3. The molecule has 42 heteroatoms. The van der Waals surface area contributed by atoms with Crippen molar-refractivity contribution in [1.82, 2.24) is 59.2 Å². The molecule has 3 aliphatic rings. The van der Waals surface area contributed by atoms with Crippen LogP contribution in [0.25, 0.3) is 51.4 Å². The van der Waals surface area contributed by atoms with Crippen LogP contribution < -0.4 is 157 Å². The standard InChI is InChI=1S/C29H31N7O5.C28H30N8O5.C18H21N3O5.C11H12N4O.2K.H2O.H2P/c1-17-5-9-20(10-6-17)36-15-21(24(34-36)25(30)37)32-26(38)22-16-40-27(33-22)19-11-12-31-23(13-19)35(14-18-7-8-18)28(39)41-29(2,3)4;1-28(2,3)41-27(39)35(13-16-4-5-16)22-12-17(10-11-31-22)26-33-21(15-40-26)25(38)32-20-14-36(34-23(20)24(30)37)19-8-6-18(29)7-9-19;1-18(2,3)26-17(24)21(9-11-4-5-11)14-8-12(6-7-19-14)15-20-13(10-25-15)16(22)23;1-7-2-4-8(5-3-7)15-6-9(12)10(14-15)11(13)16;;;;/h5-6,9-13,15-16,18H,7-8,14H2,1-4H3,(H2,30,37)(H,32,38);6-12,14-16H,4-5,13,29H2,1-3H3,(H2,30,37)(H,32,38);6-8,10-11H,4-5,9H2,1-3H3,(H,22,23);2-6H,12H2,1H3,(H2,13,16);;;2*1H2/q;;;;2*+1;;-1/p-1. The monoisotopic (exact) mass is 1820 g/mol. The van der Waals surface area contributed by atoms with E-state index in [2.05, 4.69) is 55.8 Å². The van der Waals surface area contributed by atoms with Crippen LogP contribution in [0.15, 0.2) is 178 Å². The Labute approximate surface area is 823 Å². The van der Waals surface area contributed by atoms with Gasteiger partial charge in [-0.15, -0.1) is 0 Å². The maximum Gasteiger partial charge on any atom is 1.00 e. The van der Waals surface area contributed by atoms with Crippen molar-refractivity contribution in [3.8, 4) is 51.4 Å². The molecule has 0 spiro atoms. The van der Waals surface area contributed by atoms with Crippen LogP contribution in [-0.4, -0.2) is 160 Å². The van der Waals surface area contributed by atoms with E-state index in [1.807, 2.05) is 104 Å². The van der Waals surface area contributed by atoms with Crippen molar-refractivity contribution in [3.63, 3.8) is 0 Å². The maximum atomic E-state index is 13.0. The summed E-state index contributed by atoms with van der Waals surface area (Å²) >= 11 is 0. The Bertz CT molecular complexity index is 5700. The average Bonchev–Trinajstić information content (AvgIpc) is 1.59. The smallest absolute Gasteiger partial charge is 0.870 e. The van der Waals surface area contributed by atoms with Crippen LogP contribution in [0, 0.1) is 31.6 Å². The zero-order valence-electron chi connectivity index (χ0n) is 72.9. The minimum atomic E-state index is -1.17. The van der Waals surface area contributed by atoms with Crippen molar-refractivity contribution >= 4 is 104 Å². The van der Waals surface area contributed by atoms with Crippen LogP contribution in [0.3, 0.4) is 0 Å². The molecule has 0 bridgehead atoms. The quantitative estimate of drug-likeness (QED) is 0.0134. The molecule has 3 aliphatic carbocycles. The molecule has 0 atom stereocenters. The molecule has 9 heterocycles. The van der Waals surface area contributed by atoms with Crippen molar-refractivity contribution in [2.24, 2.45) is 35.0 Å². The summed E-state index contributed by atoms with van der Waals surface area (Å²) in [7, 11) is 0. The third-order valence-electron chi connectivity index (χ3n) is 18.4. The van der Waals surface area contributed by atoms with E-state index in [4.69, 9.17) is 61.2 Å². The zero-order valence-corrected chi connectivity index (χ0v) is 80.3. The summed E-state index contributed by atoms with van der Waals surface area (Å²) in [5, 5.41) is 26.7. The molecule has 0 unspecified atom stereocenters. The number of anilines is 7. The van der Waals surface area contributed by atoms with E-state index in [0.717, 1.165) is 61.6 Å². The van der Waals surface area contributed by atoms with Gasteiger partial charge in [-0.3, -0.25) is 38.7 Å². The van der Waals surface area contributed by atoms with Gasteiger partial charge < -0.3 is 87.2 Å². The van der Waals surface area contributed by atoms with E-state index in [1.54, 1.807) is 87.6 Å². The Hall–Kier alpha value is -11.7. The molecule has 0 saturated heterocycles. The topological polar surface area (TPSA) is 566 Å². The van der Waals surface area contributed by atoms with Crippen LogP contribution >= 0.6 is 9.90 Å². The first kappa shape index (κ1) is 102. The van der Waals surface area contributed by atoms with Gasteiger partial charge in [-0.05, 0) is 217 Å². The number of rotatable bonds is 23. The largest absolute Gasteiger partial charge is 1.00 e. The van der Waals surface area contributed by atoms with Crippen molar-refractivity contribution in [1.29, 1.82) is 0 Å². The SMILES string of the molecule is CC(C)(C)OC(=O)N(CC1CC1)c1cc(-c2nc(C(=O)Nc3cn(-c4ccc(N)cc4)nc3C(N)=O)co2)ccn1.CC(C)(C)OC(=O)N(CC1CC1)c1cc(-c2nc(C(=O)O)co2)ccn1.Cc1ccc(-n2cc(N)c(C(N)=O)n2)cc1.Cc1ccc(-n2cc(NC(=O)c3coc(-c4ccnc(N(CC5CC5)C(=O)OC(C)(C)C)c4)n3)c(C(N)=O)n2)cc1.[K+].[K+].[OH-].[PH2-]. The number of hydrogen-bond acceptors (Lipinski definition) is 27. The van der Waals surface area contributed by atoms with Crippen LogP contribution in [-0.2, 0) is 14.2 Å². The molecular weight excluding hydrogens is 1720 g/mol. The molecule has 15 rings (SSSR count). The first-order valence-corrected chi connectivity index (χ1v) is 39.3. The molecule has 14 N–H and O–H groups in total. The fourth-order valence-corrected chi connectivity index (χ4v) is 11.7. The molecule has 9 aromatic heterocycles. The summed E-state index contributed by atoms with van der Waals surface area (Å²) in [5.74, 6) is -1.81. The second kappa shape index (κ2) is 43.8. The molecule has 3 aromatic carbocycles. The van der Waals surface area contributed by atoms with Gasteiger partial charge in [0.15, 0.2) is 34.2 Å². The number of primary amides is 3. The van der Waals surface area contributed by atoms with Crippen LogP contribution in [0.1, 0.15) is 175 Å². The number of carbonyl (C=O) groups is 9. The summed E-state index contributed by atoms with van der Waals surface area (Å²) in [5.41, 5.74) is 32.2. The van der Waals surface area contributed by atoms with E-state index in [-0.39, 0.29) is 187 Å². The molecule has 39 nitrogen and oxygen atoms in total. The van der Waals surface area contributed by atoms with Gasteiger partial charge in [0.1, 0.15) is 53.0 Å².